The Hall–Kier alpha value is -0.650. The Bertz CT molecular complexity index is 413. The summed E-state index contributed by atoms with van der Waals surface area (Å²) in [5.74, 6) is 1.32. The van der Waals surface area contributed by atoms with Crippen LogP contribution in [0.1, 0.15) is 46.0 Å². The van der Waals surface area contributed by atoms with Crippen LogP contribution < -0.4 is 0 Å². The zero-order chi connectivity index (χ0) is 17.1. The maximum atomic E-state index is 12.8. The number of amides is 1. The Balaban J connectivity index is 1.42. The Morgan fingerprint density at radius 3 is 2.21 bits per heavy atom. The highest BCUT2D eigenvalue weighted by molar-refractivity contribution is 5.79. The molecule has 2 atom stereocenters. The Morgan fingerprint density at radius 1 is 1.00 bits per heavy atom. The summed E-state index contributed by atoms with van der Waals surface area (Å²) in [6, 6.07) is 0.335. The molecule has 0 bridgehead atoms. The van der Waals surface area contributed by atoms with Gasteiger partial charge >= 0.3 is 0 Å². The first kappa shape index (κ1) is 18.2. The standard InChI is InChI=1S/C19H35N3O2/c1-15(2)14-20-8-6-16(7-9-20)19(24)22-12-10-21(11-13-22)17-4-3-5-18(17)23/h15-18,23H,3-14H2,1-2H3/t17-,18-/m1/s1. The average molecular weight is 338 g/mol. The van der Waals surface area contributed by atoms with E-state index in [2.05, 4.69) is 28.5 Å². The summed E-state index contributed by atoms with van der Waals surface area (Å²) < 4.78 is 0. The Morgan fingerprint density at radius 2 is 1.67 bits per heavy atom. The van der Waals surface area contributed by atoms with Crippen LogP contribution in [0.4, 0.5) is 0 Å². The van der Waals surface area contributed by atoms with Gasteiger partial charge < -0.3 is 14.9 Å². The molecule has 1 N–H and O–H groups in total. The van der Waals surface area contributed by atoms with E-state index >= 15 is 0 Å². The maximum Gasteiger partial charge on any atom is 0.225 e. The molecule has 2 aliphatic heterocycles. The normalized spacial score (nSPS) is 31.1. The summed E-state index contributed by atoms with van der Waals surface area (Å²) in [6.07, 6.45) is 5.08. The van der Waals surface area contributed by atoms with Crippen LogP contribution in [-0.4, -0.2) is 83.7 Å². The number of piperidine rings is 1. The van der Waals surface area contributed by atoms with Crippen molar-refractivity contribution in [2.45, 2.75) is 58.1 Å². The molecule has 1 amide bonds. The van der Waals surface area contributed by atoms with Crippen molar-refractivity contribution in [1.29, 1.82) is 0 Å². The number of nitrogens with zero attached hydrogens (tertiary/aromatic N) is 3. The van der Waals surface area contributed by atoms with Gasteiger partial charge in [0, 0.05) is 44.7 Å². The topological polar surface area (TPSA) is 47.0 Å². The monoisotopic (exact) mass is 337 g/mol. The third-order valence-electron chi connectivity index (χ3n) is 6.10. The Labute approximate surface area is 147 Å². The zero-order valence-electron chi connectivity index (χ0n) is 15.5. The van der Waals surface area contributed by atoms with E-state index in [-0.39, 0.29) is 12.0 Å². The predicted molar refractivity (Wildman–Crippen MR) is 95.8 cm³/mol. The first-order valence-electron chi connectivity index (χ1n) is 9.98. The van der Waals surface area contributed by atoms with Crippen molar-refractivity contribution in [2.75, 3.05) is 45.8 Å². The smallest absolute Gasteiger partial charge is 0.225 e. The summed E-state index contributed by atoms with van der Waals surface area (Å²) in [6.45, 7) is 11.4. The number of aliphatic hydroxyl groups excluding tert-OH is 1. The fourth-order valence-corrected chi connectivity index (χ4v) is 4.76. The molecule has 3 rings (SSSR count). The van der Waals surface area contributed by atoms with E-state index in [4.69, 9.17) is 0 Å². The van der Waals surface area contributed by atoms with Crippen LogP contribution in [0, 0.1) is 11.8 Å². The third-order valence-corrected chi connectivity index (χ3v) is 6.10. The molecule has 1 saturated carbocycles. The van der Waals surface area contributed by atoms with Crippen molar-refractivity contribution >= 4 is 5.91 Å². The second-order valence-corrected chi connectivity index (χ2v) is 8.40. The lowest BCUT2D eigenvalue weighted by Gasteiger charge is -2.41. The number of hydrogen-bond acceptors (Lipinski definition) is 4. The van der Waals surface area contributed by atoms with Crippen molar-refractivity contribution in [3.8, 4) is 0 Å². The Kier molecular flexibility index (Phi) is 6.17. The van der Waals surface area contributed by atoms with Gasteiger partial charge in [0.1, 0.15) is 0 Å². The van der Waals surface area contributed by atoms with Crippen molar-refractivity contribution < 1.29 is 9.90 Å². The number of rotatable bonds is 4. The van der Waals surface area contributed by atoms with Crippen molar-refractivity contribution in [2.24, 2.45) is 11.8 Å². The summed E-state index contributed by atoms with van der Waals surface area (Å²) in [5.41, 5.74) is 0. The molecular weight excluding hydrogens is 302 g/mol. The maximum absolute atomic E-state index is 12.8. The number of likely N-dealkylation sites (tertiary alicyclic amines) is 1. The van der Waals surface area contributed by atoms with Gasteiger partial charge in [0.2, 0.25) is 5.91 Å². The summed E-state index contributed by atoms with van der Waals surface area (Å²) in [7, 11) is 0. The third kappa shape index (κ3) is 4.30. The summed E-state index contributed by atoms with van der Waals surface area (Å²) in [4.78, 5) is 19.8. The lowest BCUT2D eigenvalue weighted by molar-refractivity contribution is -0.139. The van der Waals surface area contributed by atoms with Gasteiger partial charge in [0.15, 0.2) is 0 Å². The van der Waals surface area contributed by atoms with Gasteiger partial charge in [-0.1, -0.05) is 13.8 Å². The van der Waals surface area contributed by atoms with Crippen LogP contribution in [0.5, 0.6) is 0 Å². The number of carbonyl (C=O) groups is 1. The number of carbonyl (C=O) groups excluding carboxylic acids is 1. The average Bonchev–Trinajstić information content (AvgIpc) is 3.00. The molecule has 3 fully saturated rings. The molecule has 0 radical (unpaired) electrons. The van der Waals surface area contributed by atoms with E-state index in [1.165, 1.54) is 0 Å². The molecule has 0 aromatic carbocycles. The van der Waals surface area contributed by atoms with E-state index < -0.39 is 0 Å². The van der Waals surface area contributed by atoms with E-state index in [0.29, 0.717) is 17.9 Å². The fourth-order valence-electron chi connectivity index (χ4n) is 4.76. The van der Waals surface area contributed by atoms with Gasteiger partial charge in [-0.25, -0.2) is 0 Å². The van der Waals surface area contributed by atoms with Crippen LogP contribution in [0.25, 0.3) is 0 Å². The molecule has 138 valence electrons. The van der Waals surface area contributed by atoms with Gasteiger partial charge in [-0.3, -0.25) is 9.69 Å². The molecule has 2 saturated heterocycles. The minimum atomic E-state index is -0.155. The summed E-state index contributed by atoms with van der Waals surface area (Å²) in [5, 5.41) is 10.1. The lowest BCUT2D eigenvalue weighted by atomic mass is 9.94. The van der Waals surface area contributed by atoms with Gasteiger partial charge in [0.25, 0.3) is 0 Å². The number of hydrogen-bond donors (Lipinski definition) is 1. The first-order valence-corrected chi connectivity index (χ1v) is 9.98. The lowest BCUT2D eigenvalue weighted by Crippen LogP contribution is -2.55. The largest absolute Gasteiger partial charge is 0.391 e. The van der Waals surface area contributed by atoms with E-state index in [1.54, 1.807) is 0 Å². The van der Waals surface area contributed by atoms with E-state index in [9.17, 15) is 9.90 Å². The first-order chi connectivity index (χ1) is 11.5. The molecule has 24 heavy (non-hydrogen) atoms. The van der Waals surface area contributed by atoms with E-state index in [1.807, 2.05) is 0 Å². The molecule has 0 aromatic rings. The van der Waals surface area contributed by atoms with Gasteiger partial charge in [-0.15, -0.1) is 0 Å². The van der Waals surface area contributed by atoms with Gasteiger partial charge in [-0.2, -0.15) is 0 Å². The van der Waals surface area contributed by atoms with Crippen molar-refractivity contribution in [1.82, 2.24) is 14.7 Å². The van der Waals surface area contributed by atoms with Gasteiger partial charge in [0.05, 0.1) is 6.10 Å². The second kappa shape index (κ2) is 8.15. The molecule has 3 aliphatic rings. The molecule has 0 aromatic heterocycles. The van der Waals surface area contributed by atoms with Crippen LogP contribution in [0.3, 0.4) is 0 Å². The predicted octanol–water partition coefficient (Wildman–Crippen LogP) is 1.41. The highest BCUT2D eigenvalue weighted by Gasteiger charge is 2.35. The minimum absolute atomic E-state index is 0.155. The molecule has 5 heteroatoms. The van der Waals surface area contributed by atoms with Gasteiger partial charge in [-0.05, 0) is 51.1 Å². The molecule has 2 heterocycles. The molecule has 1 aliphatic carbocycles. The molecule has 5 nitrogen and oxygen atoms in total. The molecular formula is C19H35N3O2. The van der Waals surface area contributed by atoms with Crippen molar-refractivity contribution in [3.05, 3.63) is 0 Å². The van der Waals surface area contributed by atoms with Crippen molar-refractivity contribution in [3.63, 3.8) is 0 Å². The van der Waals surface area contributed by atoms with Crippen LogP contribution in [0.15, 0.2) is 0 Å². The second-order valence-electron chi connectivity index (χ2n) is 8.40. The molecule has 0 spiro atoms. The number of piperazine rings is 1. The zero-order valence-corrected chi connectivity index (χ0v) is 15.5. The van der Waals surface area contributed by atoms with Crippen LogP contribution in [-0.2, 0) is 4.79 Å². The van der Waals surface area contributed by atoms with Crippen LogP contribution >= 0.6 is 0 Å². The fraction of sp³-hybridized carbons (Fsp3) is 0.947. The highest BCUT2D eigenvalue weighted by Crippen LogP contribution is 2.26. The minimum Gasteiger partial charge on any atom is -0.391 e. The molecule has 0 unspecified atom stereocenters. The van der Waals surface area contributed by atoms with Crippen LogP contribution in [0.2, 0.25) is 0 Å². The number of aliphatic hydroxyl groups is 1. The quantitative estimate of drug-likeness (QED) is 0.843. The van der Waals surface area contributed by atoms with E-state index in [0.717, 1.165) is 77.9 Å². The SMILES string of the molecule is CC(C)CN1CCC(C(=O)N2CCN([C@@H]3CCC[C@H]3O)CC2)CC1. The highest BCUT2D eigenvalue weighted by atomic mass is 16.3. The summed E-state index contributed by atoms with van der Waals surface area (Å²) >= 11 is 0.